The van der Waals surface area contributed by atoms with Crippen molar-refractivity contribution < 1.29 is 14.3 Å². The largest absolute Gasteiger partial charge is 0.493 e. The number of amides is 1. The molecule has 0 radical (unpaired) electrons. The van der Waals surface area contributed by atoms with E-state index in [0.717, 1.165) is 16.7 Å². The van der Waals surface area contributed by atoms with Gasteiger partial charge in [-0.05, 0) is 47.0 Å². The molecular formula is C23H21ClN2O3. The average Bonchev–Trinajstić information content (AvgIpc) is 2.74. The van der Waals surface area contributed by atoms with Gasteiger partial charge in [0.15, 0.2) is 11.5 Å². The van der Waals surface area contributed by atoms with E-state index >= 15 is 0 Å². The summed E-state index contributed by atoms with van der Waals surface area (Å²) in [6.45, 7) is 0.399. The zero-order valence-electron chi connectivity index (χ0n) is 16.0. The fraction of sp³-hybridized carbons (Fsp3) is 0.130. The first-order valence-corrected chi connectivity index (χ1v) is 9.43. The zero-order valence-corrected chi connectivity index (χ0v) is 16.7. The van der Waals surface area contributed by atoms with Crippen molar-refractivity contribution in [2.45, 2.75) is 13.0 Å². The maximum Gasteiger partial charge on any atom is 0.244 e. The lowest BCUT2D eigenvalue weighted by atomic mass is 10.1. The number of ether oxygens (including phenoxy) is 2. The Morgan fingerprint density at radius 1 is 1.00 bits per heavy atom. The van der Waals surface area contributed by atoms with Crippen molar-refractivity contribution >= 4 is 23.7 Å². The fourth-order valence-electron chi connectivity index (χ4n) is 2.63. The summed E-state index contributed by atoms with van der Waals surface area (Å²) in [5, 5.41) is 4.70. The van der Waals surface area contributed by atoms with E-state index in [1.54, 1.807) is 19.4 Å². The summed E-state index contributed by atoms with van der Waals surface area (Å²) in [7, 11) is 1.58. The molecule has 6 heteroatoms. The van der Waals surface area contributed by atoms with E-state index in [-0.39, 0.29) is 12.3 Å². The Kier molecular flexibility index (Phi) is 7.25. The molecule has 0 aliphatic heterocycles. The monoisotopic (exact) mass is 408 g/mol. The van der Waals surface area contributed by atoms with Gasteiger partial charge in [0.25, 0.3) is 0 Å². The Labute approximate surface area is 174 Å². The molecule has 3 aromatic rings. The quantitative estimate of drug-likeness (QED) is 0.437. The van der Waals surface area contributed by atoms with Crippen LogP contribution in [0.3, 0.4) is 0 Å². The van der Waals surface area contributed by atoms with Crippen LogP contribution >= 0.6 is 11.6 Å². The minimum atomic E-state index is -0.178. The van der Waals surface area contributed by atoms with Crippen LogP contribution in [0.4, 0.5) is 0 Å². The molecule has 0 unspecified atom stereocenters. The van der Waals surface area contributed by atoms with Crippen LogP contribution in [0.5, 0.6) is 11.5 Å². The van der Waals surface area contributed by atoms with Gasteiger partial charge in [-0.15, -0.1) is 0 Å². The summed E-state index contributed by atoms with van der Waals surface area (Å²) in [5.74, 6) is 1.02. The van der Waals surface area contributed by atoms with Gasteiger partial charge in [-0.3, -0.25) is 4.79 Å². The Bertz CT molecular complexity index is 973. The molecule has 29 heavy (non-hydrogen) atoms. The molecule has 0 heterocycles. The molecule has 0 saturated heterocycles. The van der Waals surface area contributed by atoms with Gasteiger partial charge in [0, 0.05) is 5.02 Å². The lowest BCUT2D eigenvalue weighted by molar-refractivity contribution is -0.120. The number of hydrogen-bond acceptors (Lipinski definition) is 4. The number of hydrazone groups is 1. The van der Waals surface area contributed by atoms with E-state index in [4.69, 9.17) is 21.1 Å². The minimum absolute atomic E-state index is 0.178. The topological polar surface area (TPSA) is 59.9 Å². The Morgan fingerprint density at radius 3 is 2.48 bits per heavy atom. The SMILES string of the molecule is COc1cc(/C=N\NC(=O)Cc2ccccc2)ccc1OCc1ccc(Cl)cc1. The third kappa shape index (κ3) is 6.36. The molecule has 0 bridgehead atoms. The molecule has 0 aliphatic carbocycles. The van der Waals surface area contributed by atoms with Crippen molar-refractivity contribution in [2.24, 2.45) is 5.10 Å². The zero-order chi connectivity index (χ0) is 20.5. The number of rotatable bonds is 8. The summed E-state index contributed by atoms with van der Waals surface area (Å²) in [6.07, 6.45) is 1.84. The molecule has 0 atom stereocenters. The van der Waals surface area contributed by atoms with Gasteiger partial charge in [-0.2, -0.15) is 5.10 Å². The molecular weight excluding hydrogens is 388 g/mol. The number of nitrogens with one attached hydrogen (secondary N) is 1. The summed E-state index contributed by atoms with van der Waals surface area (Å²) < 4.78 is 11.2. The van der Waals surface area contributed by atoms with Gasteiger partial charge in [0.05, 0.1) is 19.7 Å². The molecule has 0 saturated carbocycles. The first-order chi connectivity index (χ1) is 14.1. The number of methoxy groups -OCH3 is 1. The van der Waals surface area contributed by atoms with Crippen molar-refractivity contribution in [3.8, 4) is 11.5 Å². The second kappa shape index (κ2) is 10.3. The van der Waals surface area contributed by atoms with E-state index in [0.29, 0.717) is 23.1 Å². The highest BCUT2D eigenvalue weighted by atomic mass is 35.5. The second-order valence-corrected chi connectivity index (χ2v) is 6.72. The molecule has 1 N–H and O–H groups in total. The Morgan fingerprint density at radius 2 is 1.76 bits per heavy atom. The number of benzene rings is 3. The first-order valence-electron chi connectivity index (χ1n) is 9.05. The van der Waals surface area contributed by atoms with Crippen LogP contribution in [0.15, 0.2) is 77.9 Å². The Hall–Kier alpha value is -3.31. The number of nitrogens with zero attached hydrogens (tertiary/aromatic N) is 1. The third-order valence-corrected chi connectivity index (χ3v) is 4.36. The van der Waals surface area contributed by atoms with Crippen molar-refractivity contribution in [3.63, 3.8) is 0 Å². The lowest BCUT2D eigenvalue weighted by Crippen LogP contribution is -2.19. The molecule has 0 aliphatic rings. The van der Waals surface area contributed by atoms with E-state index in [2.05, 4.69) is 10.5 Å². The summed E-state index contributed by atoms with van der Waals surface area (Å²) >= 11 is 5.90. The van der Waals surface area contributed by atoms with Gasteiger partial charge in [0.1, 0.15) is 6.61 Å². The van der Waals surface area contributed by atoms with Crippen molar-refractivity contribution in [3.05, 3.63) is 94.5 Å². The molecule has 3 rings (SSSR count). The summed E-state index contributed by atoms with van der Waals surface area (Å²) in [5.41, 5.74) is 5.25. The van der Waals surface area contributed by atoms with Gasteiger partial charge in [-0.1, -0.05) is 54.1 Å². The third-order valence-electron chi connectivity index (χ3n) is 4.11. The Balaban J connectivity index is 1.56. The van der Waals surface area contributed by atoms with Gasteiger partial charge >= 0.3 is 0 Å². The van der Waals surface area contributed by atoms with E-state index in [1.165, 1.54) is 0 Å². The smallest absolute Gasteiger partial charge is 0.244 e. The van der Waals surface area contributed by atoms with Gasteiger partial charge in [0.2, 0.25) is 5.91 Å². The van der Waals surface area contributed by atoms with Gasteiger partial charge in [-0.25, -0.2) is 5.43 Å². The van der Waals surface area contributed by atoms with Crippen molar-refractivity contribution in [1.29, 1.82) is 0 Å². The molecule has 148 valence electrons. The second-order valence-electron chi connectivity index (χ2n) is 6.28. The van der Waals surface area contributed by atoms with E-state index < -0.39 is 0 Å². The lowest BCUT2D eigenvalue weighted by Gasteiger charge is -2.11. The molecule has 1 amide bonds. The summed E-state index contributed by atoms with van der Waals surface area (Å²) in [4.78, 5) is 11.9. The number of halogens is 1. The first kappa shape index (κ1) is 20.4. The van der Waals surface area contributed by atoms with Crippen LogP contribution in [0.2, 0.25) is 5.02 Å². The standard InChI is InChI=1S/C23H21ClN2O3/c1-28-22-13-19(15-25-26-23(27)14-17-5-3-2-4-6-17)9-12-21(22)29-16-18-7-10-20(24)11-8-18/h2-13,15H,14,16H2,1H3,(H,26,27)/b25-15-. The maximum atomic E-state index is 11.9. The highest BCUT2D eigenvalue weighted by Crippen LogP contribution is 2.28. The molecule has 3 aromatic carbocycles. The van der Waals surface area contributed by atoms with Crippen LogP contribution in [0.25, 0.3) is 0 Å². The van der Waals surface area contributed by atoms with E-state index in [9.17, 15) is 4.79 Å². The number of hydrogen-bond donors (Lipinski definition) is 1. The van der Waals surface area contributed by atoms with Crippen molar-refractivity contribution in [2.75, 3.05) is 7.11 Å². The molecule has 0 spiro atoms. The predicted octanol–water partition coefficient (Wildman–Crippen LogP) is 4.62. The van der Waals surface area contributed by atoms with Crippen LogP contribution in [-0.2, 0) is 17.8 Å². The highest BCUT2D eigenvalue weighted by molar-refractivity contribution is 6.30. The summed E-state index contributed by atoms with van der Waals surface area (Å²) in [6, 6.07) is 22.4. The van der Waals surface area contributed by atoms with Crippen molar-refractivity contribution in [1.82, 2.24) is 5.43 Å². The van der Waals surface area contributed by atoms with Crippen LogP contribution in [0, 0.1) is 0 Å². The number of carbonyl (C=O) groups is 1. The molecule has 0 aromatic heterocycles. The molecule has 5 nitrogen and oxygen atoms in total. The van der Waals surface area contributed by atoms with Crippen LogP contribution < -0.4 is 14.9 Å². The van der Waals surface area contributed by atoms with Crippen LogP contribution in [-0.4, -0.2) is 19.2 Å². The van der Waals surface area contributed by atoms with Gasteiger partial charge < -0.3 is 9.47 Å². The normalized spacial score (nSPS) is 10.7. The average molecular weight is 409 g/mol. The predicted molar refractivity (Wildman–Crippen MR) is 115 cm³/mol. The molecule has 0 fully saturated rings. The van der Waals surface area contributed by atoms with Crippen LogP contribution in [0.1, 0.15) is 16.7 Å². The number of carbonyl (C=O) groups excluding carboxylic acids is 1. The highest BCUT2D eigenvalue weighted by Gasteiger charge is 2.06. The minimum Gasteiger partial charge on any atom is -0.493 e. The maximum absolute atomic E-state index is 11.9. The fourth-order valence-corrected chi connectivity index (χ4v) is 2.75. The van der Waals surface area contributed by atoms with E-state index in [1.807, 2.05) is 66.7 Å².